The monoisotopic (exact) mass is 822 g/mol. The van der Waals surface area contributed by atoms with Gasteiger partial charge in [0.1, 0.15) is 13.2 Å². The molecule has 0 saturated carbocycles. The van der Waals surface area contributed by atoms with E-state index in [1.807, 2.05) is 44.2 Å². The predicted molar refractivity (Wildman–Crippen MR) is 215 cm³/mol. The number of carbonyl (C=O) groups is 6. The zero-order chi connectivity index (χ0) is 43.8. The van der Waals surface area contributed by atoms with Crippen LogP contribution in [-0.2, 0) is 52.5 Å². The lowest BCUT2D eigenvalue weighted by Crippen LogP contribution is -2.44. The van der Waals surface area contributed by atoms with Gasteiger partial charge in [0.15, 0.2) is 0 Å². The first kappa shape index (κ1) is 52.0. The van der Waals surface area contributed by atoms with E-state index in [2.05, 4.69) is 0 Å². The van der Waals surface area contributed by atoms with E-state index in [1.54, 1.807) is 27.7 Å². The van der Waals surface area contributed by atoms with Gasteiger partial charge in [-0.15, -0.1) is 0 Å². The minimum absolute atomic E-state index is 0.0428. The fourth-order valence-corrected chi connectivity index (χ4v) is 7.42. The molecule has 3 N–H and O–H groups in total. The van der Waals surface area contributed by atoms with Gasteiger partial charge in [0.05, 0.1) is 48.4 Å². The second kappa shape index (κ2) is 26.9. The molecule has 0 saturated heterocycles. The molecule has 330 valence electrons. The van der Waals surface area contributed by atoms with Crippen molar-refractivity contribution in [3.63, 3.8) is 0 Å². The fraction of sp³-hybridized carbons (Fsp3) is 0.727. The van der Waals surface area contributed by atoms with E-state index in [0.717, 1.165) is 12.0 Å². The lowest BCUT2D eigenvalue weighted by molar-refractivity contribution is -0.168. The van der Waals surface area contributed by atoms with Gasteiger partial charge in [-0.25, -0.2) is 0 Å². The second-order valence-electron chi connectivity index (χ2n) is 16.4. The summed E-state index contributed by atoms with van der Waals surface area (Å²) in [5, 5.41) is 28.8. The Kier molecular flexibility index (Phi) is 24.1. The van der Waals surface area contributed by atoms with Crippen LogP contribution in [0.5, 0.6) is 0 Å². The molecule has 1 aromatic carbocycles. The zero-order valence-electron chi connectivity index (χ0n) is 35.9. The highest BCUT2D eigenvalue weighted by Gasteiger charge is 2.51. The van der Waals surface area contributed by atoms with Gasteiger partial charge in [0.25, 0.3) is 0 Å². The van der Waals surface area contributed by atoms with Gasteiger partial charge in [0.2, 0.25) is 0 Å². The normalized spacial score (nSPS) is 15.1. The smallest absolute Gasteiger partial charge is 0.311 e. The molecule has 14 heteroatoms. The third-order valence-corrected chi connectivity index (χ3v) is 10.6. The van der Waals surface area contributed by atoms with Crippen LogP contribution >= 0.6 is 0 Å². The van der Waals surface area contributed by atoms with E-state index >= 15 is 0 Å². The Morgan fingerprint density at radius 2 is 1.24 bits per heavy atom. The number of benzene rings is 1. The molecule has 1 aromatic rings. The maximum absolute atomic E-state index is 14.1. The minimum atomic E-state index is -1.62. The number of rotatable bonds is 31. The van der Waals surface area contributed by atoms with Gasteiger partial charge < -0.3 is 39.0 Å². The second-order valence-corrected chi connectivity index (χ2v) is 16.4. The van der Waals surface area contributed by atoms with Crippen molar-refractivity contribution in [1.82, 2.24) is 0 Å². The molecular formula is C44H70O14. The SMILES string of the molecule is CCCCOC(=O)C(CC(C)(C)C(=O)OCCOC(=O)CCCCCO)CC(C)(CC(C)(CC(CC(CC)c1ccccc1)C(=O)O)C(=O)OC)C(=O)OCCCO. The Labute approximate surface area is 344 Å². The van der Waals surface area contributed by atoms with Crippen LogP contribution in [0.4, 0.5) is 0 Å². The average Bonchev–Trinajstić information content (AvgIpc) is 3.19. The standard InChI is InChI=1S/C44H70O14/c1-8-10-23-56-38(50)35(28-42(3,4)39(51)58-26-25-55-36(47)20-15-12-16-21-45)30-44(6,41(53)57-24-17-22-46)31-43(5,40(52)54-7)29-34(37(48)49)27-32(9-2)33-18-13-11-14-19-33/h11,13-14,18-19,32,34-35,45-46H,8-10,12,15-17,20-31H2,1-7H3,(H,48,49). The Bertz CT molecular complexity index is 1410. The summed E-state index contributed by atoms with van der Waals surface area (Å²) in [6.07, 6.45) is 3.46. The number of hydrogen-bond acceptors (Lipinski definition) is 13. The maximum atomic E-state index is 14.1. The molecule has 0 aliphatic rings. The van der Waals surface area contributed by atoms with E-state index in [1.165, 1.54) is 7.11 Å². The molecule has 0 aliphatic heterocycles. The van der Waals surface area contributed by atoms with Crippen LogP contribution in [0.2, 0.25) is 0 Å². The number of ether oxygens (including phenoxy) is 5. The quantitative estimate of drug-likeness (QED) is 0.0411. The molecule has 14 nitrogen and oxygen atoms in total. The number of unbranched alkanes of at least 4 members (excludes halogenated alkanes) is 3. The number of methoxy groups -OCH3 is 1. The van der Waals surface area contributed by atoms with Crippen molar-refractivity contribution < 1.29 is 67.8 Å². The number of hydrogen-bond donors (Lipinski definition) is 3. The molecule has 58 heavy (non-hydrogen) atoms. The summed E-state index contributed by atoms with van der Waals surface area (Å²) in [6.45, 7) is 9.49. The number of aliphatic hydroxyl groups is 2. The van der Waals surface area contributed by atoms with E-state index in [4.69, 9.17) is 28.8 Å². The van der Waals surface area contributed by atoms with Crippen molar-refractivity contribution in [3.8, 4) is 0 Å². The van der Waals surface area contributed by atoms with Crippen molar-refractivity contribution in [2.75, 3.05) is 46.8 Å². The van der Waals surface area contributed by atoms with Gasteiger partial charge >= 0.3 is 35.8 Å². The number of carboxylic acid groups (broad SMARTS) is 1. The zero-order valence-corrected chi connectivity index (χ0v) is 35.9. The van der Waals surface area contributed by atoms with Crippen LogP contribution < -0.4 is 0 Å². The first-order valence-electron chi connectivity index (χ1n) is 20.7. The summed E-state index contributed by atoms with van der Waals surface area (Å²) < 4.78 is 27.1. The first-order valence-corrected chi connectivity index (χ1v) is 20.7. The van der Waals surface area contributed by atoms with Gasteiger partial charge in [-0.05, 0) is 97.0 Å². The molecule has 0 spiro atoms. The summed E-state index contributed by atoms with van der Waals surface area (Å²) in [5.41, 5.74) is -3.52. The van der Waals surface area contributed by atoms with Crippen molar-refractivity contribution in [2.24, 2.45) is 28.1 Å². The maximum Gasteiger partial charge on any atom is 0.311 e. The Balaban J connectivity index is 3.51. The molecule has 0 aromatic heterocycles. The molecule has 0 amide bonds. The highest BCUT2D eigenvalue weighted by atomic mass is 16.6. The van der Waals surface area contributed by atoms with Crippen LogP contribution in [0, 0.1) is 28.1 Å². The number of carbonyl (C=O) groups excluding carboxylic acids is 5. The van der Waals surface area contributed by atoms with Crippen LogP contribution in [0.3, 0.4) is 0 Å². The van der Waals surface area contributed by atoms with Crippen LogP contribution in [0.15, 0.2) is 30.3 Å². The molecule has 1 rings (SSSR count). The van der Waals surface area contributed by atoms with Crippen molar-refractivity contribution in [2.45, 2.75) is 131 Å². The topological polar surface area (TPSA) is 209 Å². The summed E-state index contributed by atoms with van der Waals surface area (Å²) >= 11 is 0. The van der Waals surface area contributed by atoms with Crippen molar-refractivity contribution in [1.29, 1.82) is 0 Å². The van der Waals surface area contributed by atoms with Gasteiger partial charge in [-0.1, -0.05) is 57.0 Å². The van der Waals surface area contributed by atoms with E-state index in [-0.39, 0.29) is 90.5 Å². The van der Waals surface area contributed by atoms with Crippen LogP contribution in [0.1, 0.15) is 136 Å². The highest BCUT2D eigenvalue weighted by molar-refractivity contribution is 5.83. The minimum Gasteiger partial charge on any atom is -0.481 e. The summed E-state index contributed by atoms with van der Waals surface area (Å²) in [7, 11) is 1.19. The number of carboxylic acids is 1. The highest BCUT2D eigenvalue weighted by Crippen LogP contribution is 2.47. The van der Waals surface area contributed by atoms with Gasteiger partial charge in [0, 0.05) is 26.1 Å². The molecule has 5 atom stereocenters. The molecule has 5 unspecified atom stereocenters. The van der Waals surface area contributed by atoms with E-state index < -0.39 is 63.9 Å². The van der Waals surface area contributed by atoms with Gasteiger partial charge in [-0.2, -0.15) is 0 Å². The number of esters is 5. The summed E-state index contributed by atoms with van der Waals surface area (Å²) in [6, 6.07) is 9.50. The molecule has 0 heterocycles. The Morgan fingerprint density at radius 3 is 1.83 bits per heavy atom. The van der Waals surface area contributed by atoms with Crippen LogP contribution in [-0.4, -0.2) is 97.9 Å². The van der Waals surface area contributed by atoms with E-state index in [9.17, 15) is 39.0 Å². The largest absolute Gasteiger partial charge is 0.481 e. The summed E-state index contributed by atoms with van der Waals surface area (Å²) in [5.74, 6) is -6.66. The number of aliphatic carboxylic acids is 1. The third kappa shape index (κ3) is 18.3. The van der Waals surface area contributed by atoms with Crippen molar-refractivity contribution in [3.05, 3.63) is 35.9 Å². The first-order chi connectivity index (χ1) is 27.4. The lowest BCUT2D eigenvalue weighted by atomic mass is 9.64. The average molecular weight is 823 g/mol. The molecule has 0 aliphatic carbocycles. The lowest BCUT2D eigenvalue weighted by Gasteiger charge is -2.40. The van der Waals surface area contributed by atoms with E-state index in [0.29, 0.717) is 32.1 Å². The molecule has 0 fully saturated rings. The molecule has 0 bridgehead atoms. The fourth-order valence-electron chi connectivity index (χ4n) is 7.42. The van der Waals surface area contributed by atoms with Gasteiger partial charge in [-0.3, -0.25) is 28.8 Å². The molecule has 0 radical (unpaired) electrons. The van der Waals surface area contributed by atoms with Crippen LogP contribution in [0.25, 0.3) is 0 Å². The summed E-state index contributed by atoms with van der Waals surface area (Å²) in [4.78, 5) is 80.0. The number of aliphatic hydroxyl groups excluding tert-OH is 2. The van der Waals surface area contributed by atoms with Crippen molar-refractivity contribution >= 4 is 35.8 Å². The Hall–Kier alpha value is -4.04. The Morgan fingerprint density at radius 1 is 0.655 bits per heavy atom. The molecular weight excluding hydrogens is 752 g/mol. The third-order valence-electron chi connectivity index (χ3n) is 10.6. The predicted octanol–water partition coefficient (Wildman–Crippen LogP) is 6.57.